The highest BCUT2D eigenvalue weighted by molar-refractivity contribution is 7.80. The lowest BCUT2D eigenvalue weighted by Crippen LogP contribution is -2.10. The summed E-state index contributed by atoms with van der Waals surface area (Å²) in [6.45, 7) is 1.82. The Morgan fingerprint density at radius 2 is 2.11 bits per heavy atom. The zero-order valence-electron chi connectivity index (χ0n) is 9.77. The van der Waals surface area contributed by atoms with Crippen LogP contribution in [0.2, 0.25) is 0 Å². The lowest BCUT2D eigenvalue weighted by molar-refractivity contribution is 0.627. The minimum atomic E-state index is -0.261. The number of halogens is 1. The fourth-order valence-electron chi connectivity index (χ4n) is 1.56. The van der Waals surface area contributed by atoms with Crippen LogP contribution in [0.4, 0.5) is 15.9 Å². The number of thiocarbonyl (C=S) groups is 1. The van der Waals surface area contributed by atoms with Crippen molar-refractivity contribution >= 4 is 28.7 Å². The molecule has 0 saturated carbocycles. The molecule has 0 aliphatic carbocycles. The zero-order chi connectivity index (χ0) is 13.1. The van der Waals surface area contributed by atoms with Gasteiger partial charge in [0.25, 0.3) is 0 Å². The van der Waals surface area contributed by atoms with E-state index in [-0.39, 0.29) is 5.82 Å². The van der Waals surface area contributed by atoms with Crippen molar-refractivity contribution in [3.8, 4) is 0 Å². The van der Waals surface area contributed by atoms with Crippen LogP contribution in [0, 0.1) is 12.7 Å². The van der Waals surface area contributed by atoms with Gasteiger partial charge in [-0.3, -0.25) is 0 Å². The molecular formula is C13H12FN3S. The molecule has 0 unspecified atom stereocenters. The maximum Gasteiger partial charge on any atom is 0.130 e. The summed E-state index contributed by atoms with van der Waals surface area (Å²) in [5.74, 6) is 0.359. The SMILES string of the molecule is Cc1cc(F)ccc1Nc1cc(C(N)=S)ccn1. The van der Waals surface area contributed by atoms with Crippen LogP contribution in [0.1, 0.15) is 11.1 Å². The van der Waals surface area contributed by atoms with Crippen molar-refractivity contribution in [1.29, 1.82) is 0 Å². The first-order chi connectivity index (χ1) is 8.56. The highest BCUT2D eigenvalue weighted by atomic mass is 32.1. The molecule has 0 bridgehead atoms. The third-order valence-electron chi connectivity index (χ3n) is 2.50. The molecule has 0 atom stereocenters. The van der Waals surface area contributed by atoms with Gasteiger partial charge in [-0.05, 0) is 42.8 Å². The minimum Gasteiger partial charge on any atom is -0.389 e. The third-order valence-corrected chi connectivity index (χ3v) is 2.73. The molecule has 0 saturated heterocycles. The maximum atomic E-state index is 13.0. The topological polar surface area (TPSA) is 50.9 Å². The van der Waals surface area contributed by atoms with E-state index in [0.29, 0.717) is 10.8 Å². The Labute approximate surface area is 110 Å². The van der Waals surface area contributed by atoms with E-state index in [9.17, 15) is 4.39 Å². The average molecular weight is 261 g/mol. The summed E-state index contributed by atoms with van der Waals surface area (Å²) in [7, 11) is 0. The quantitative estimate of drug-likeness (QED) is 0.834. The van der Waals surface area contributed by atoms with Gasteiger partial charge in [-0.2, -0.15) is 0 Å². The maximum absolute atomic E-state index is 13.0. The fraction of sp³-hybridized carbons (Fsp3) is 0.0769. The predicted molar refractivity (Wildman–Crippen MR) is 74.5 cm³/mol. The van der Waals surface area contributed by atoms with E-state index < -0.39 is 0 Å². The van der Waals surface area contributed by atoms with Crippen LogP contribution in [-0.4, -0.2) is 9.97 Å². The van der Waals surface area contributed by atoms with Crippen molar-refractivity contribution in [2.24, 2.45) is 5.73 Å². The molecule has 3 nitrogen and oxygen atoms in total. The van der Waals surface area contributed by atoms with Crippen LogP contribution in [0.15, 0.2) is 36.5 Å². The molecule has 3 N–H and O–H groups in total. The number of nitrogens with zero attached hydrogens (tertiary/aromatic N) is 1. The summed E-state index contributed by atoms with van der Waals surface area (Å²) in [6, 6.07) is 8.02. The van der Waals surface area contributed by atoms with Crippen LogP contribution in [0.5, 0.6) is 0 Å². The average Bonchev–Trinajstić information content (AvgIpc) is 2.33. The molecule has 2 rings (SSSR count). The molecule has 92 valence electrons. The van der Waals surface area contributed by atoms with E-state index in [1.807, 2.05) is 6.92 Å². The molecular weight excluding hydrogens is 249 g/mol. The summed E-state index contributed by atoms with van der Waals surface area (Å²) in [6.07, 6.45) is 1.62. The van der Waals surface area contributed by atoms with Crippen molar-refractivity contribution in [2.45, 2.75) is 6.92 Å². The molecule has 0 spiro atoms. The first-order valence-electron chi connectivity index (χ1n) is 5.35. The van der Waals surface area contributed by atoms with Crippen molar-refractivity contribution in [2.75, 3.05) is 5.32 Å². The molecule has 0 fully saturated rings. The molecule has 1 heterocycles. The number of hydrogen-bond acceptors (Lipinski definition) is 3. The van der Waals surface area contributed by atoms with E-state index in [1.54, 1.807) is 24.4 Å². The molecule has 2 aromatic rings. The van der Waals surface area contributed by atoms with E-state index in [1.165, 1.54) is 12.1 Å². The molecule has 0 radical (unpaired) electrons. The van der Waals surface area contributed by atoms with Crippen LogP contribution in [0.25, 0.3) is 0 Å². The van der Waals surface area contributed by atoms with Gasteiger partial charge in [0.1, 0.15) is 16.6 Å². The molecule has 0 amide bonds. The van der Waals surface area contributed by atoms with E-state index in [0.717, 1.165) is 16.8 Å². The summed E-state index contributed by atoms with van der Waals surface area (Å²) >= 11 is 4.90. The highest BCUT2D eigenvalue weighted by Crippen LogP contribution is 2.20. The smallest absolute Gasteiger partial charge is 0.130 e. The van der Waals surface area contributed by atoms with Crippen LogP contribution in [0.3, 0.4) is 0 Å². The van der Waals surface area contributed by atoms with Gasteiger partial charge in [-0.15, -0.1) is 0 Å². The number of nitrogens with two attached hydrogens (primary N) is 1. The summed E-state index contributed by atoms with van der Waals surface area (Å²) in [5.41, 5.74) is 7.89. The lowest BCUT2D eigenvalue weighted by atomic mass is 10.2. The largest absolute Gasteiger partial charge is 0.389 e. The van der Waals surface area contributed by atoms with Crippen molar-refractivity contribution in [1.82, 2.24) is 4.98 Å². The molecule has 1 aromatic carbocycles. The number of aromatic nitrogens is 1. The number of anilines is 2. The van der Waals surface area contributed by atoms with Gasteiger partial charge in [0.05, 0.1) is 0 Å². The normalized spacial score (nSPS) is 10.1. The number of aryl methyl sites for hydroxylation is 1. The third kappa shape index (κ3) is 2.81. The summed E-state index contributed by atoms with van der Waals surface area (Å²) in [5, 5.41) is 3.10. The van der Waals surface area contributed by atoms with Crippen molar-refractivity contribution < 1.29 is 4.39 Å². The number of benzene rings is 1. The van der Waals surface area contributed by atoms with E-state index in [4.69, 9.17) is 18.0 Å². The molecule has 5 heteroatoms. The van der Waals surface area contributed by atoms with Crippen molar-refractivity contribution in [3.63, 3.8) is 0 Å². The molecule has 1 aromatic heterocycles. The highest BCUT2D eigenvalue weighted by Gasteiger charge is 2.03. The Balaban J connectivity index is 2.28. The Morgan fingerprint density at radius 1 is 1.33 bits per heavy atom. The Bertz CT molecular complexity index is 599. The van der Waals surface area contributed by atoms with Gasteiger partial charge in [0.2, 0.25) is 0 Å². The Hall–Kier alpha value is -2.01. The molecule has 0 aliphatic rings. The number of pyridine rings is 1. The van der Waals surface area contributed by atoms with Crippen molar-refractivity contribution in [3.05, 3.63) is 53.5 Å². The first kappa shape index (κ1) is 12.4. The van der Waals surface area contributed by atoms with E-state index in [2.05, 4.69) is 10.3 Å². The van der Waals surface area contributed by atoms with Crippen LogP contribution < -0.4 is 11.1 Å². The fourth-order valence-corrected chi connectivity index (χ4v) is 1.68. The first-order valence-corrected chi connectivity index (χ1v) is 5.76. The van der Waals surface area contributed by atoms with Gasteiger partial charge in [0, 0.05) is 17.4 Å². The van der Waals surface area contributed by atoms with Gasteiger partial charge in [-0.25, -0.2) is 9.37 Å². The van der Waals surface area contributed by atoms with Gasteiger partial charge in [-0.1, -0.05) is 12.2 Å². The minimum absolute atomic E-state index is 0.261. The monoisotopic (exact) mass is 261 g/mol. The van der Waals surface area contributed by atoms with Gasteiger partial charge < -0.3 is 11.1 Å². The predicted octanol–water partition coefficient (Wildman–Crippen LogP) is 2.91. The zero-order valence-corrected chi connectivity index (χ0v) is 10.6. The van der Waals surface area contributed by atoms with Crippen LogP contribution in [-0.2, 0) is 0 Å². The molecule has 18 heavy (non-hydrogen) atoms. The number of rotatable bonds is 3. The van der Waals surface area contributed by atoms with Gasteiger partial charge in [0.15, 0.2) is 0 Å². The van der Waals surface area contributed by atoms with Gasteiger partial charge >= 0.3 is 0 Å². The summed E-state index contributed by atoms with van der Waals surface area (Å²) in [4.78, 5) is 4.48. The second-order valence-electron chi connectivity index (χ2n) is 3.88. The summed E-state index contributed by atoms with van der Waals surface area (Å²) < 4.78 is 13.0. The van der Waals surface area contributed by atoms with E-state index >= 15 is 0 Å². The Kier molecular flexibility index (Phi) is 3.53. The second-order valence-corrected chi connectivity index (χ2v) is 4.32. The molecule has 0 aliphatic heterocycles. The number of hydrogen-bond donors (Lipinski definition) is 2. The standard InChI is InChI=1S/C13H12FN3S/c1-8-6-10(14)2-3-11(8)17-12-7-9(13(15)18)4-5-16-12/h2-7H,1H3,(H2,15,18)(H,16,17). The van der Waals surface area contributed by atoms with Crippen LogP contribution >= 0.6 is 12.2 Å². The lowest BCUT2D eigenvalue weighted by Gasteiger charge is -2.09. The second kappa shape index (κ2) is 5.10. The Morgan fingerprint density at radius 3 is 2.78 bits per heavy atom. The number of nitrogens with one attached hydrogen (secondary N) is 1.